The lowest BCUT2D eigenvalue weighted by molar-refractivity contribution is 0.190. The summed E-state index contributed by atoms with van der Waals surface area (Å²) >= 11 is 1.77. The number of hydrogen-bond acceptors (Lipinski definition) is 4. The van der Waals surface area contributed by atoms with E-state index >= 15 is 0 Å². The fourth-order valence-electron chi connectivity index (χ4n) is 2.13. The number of anilines is 1. The van der Waals surface area contributed by atoms with E-state index in [1.165, 1.54) is 24.3 Å². The predicted octanol–water partition coefficient (Wildman–Crippen LogP) is 2.65. The molecule has 1 fully saturated rings. The van der Waals surface area contributed by atoms with E-state index in [0.29, 0.717) is 12.1 Å². The molecule has 4 heteroatoms. The van der Waals surface area contributed by atoms with Gasteiger partial charge in [-0.2, -0.15) is 0 Å². The number of likely N-dealkylation sites (tertiary alicyclic amines) is 1. The van der Waals surface area contributed by atoms with Gasteiger partial charge in [-0.3, -0.25) is 0 Å². The van der Waals surface area contributed by atoms with Crippen LogP contribution in [0.3, 0.4) is 0 Å². The third-order valence-electron chi connectivity index (χ3n) is 3.56. The van der Waals surface area contributed by atoms with Gasteiger partial charge in [-0.15, -0.1) is 11.3 Å². The lowest BCUT2D eigenvalue weighted by atomic mass is 9.99. The number of nitrogens with zero attached hydrogens (tertiary/aromatic N) is 2. The molecule has 1 aliphatic rings. The molecule has 2 heterocycles. The number of rotatable bonds is 2. The molecule has 1 N–H and O–H groups in total. The highest BCUT2D eigenvalue weighted by Gasteiger charge is 2.23. The molecule has 0 spiro atoms. The molecule has 90 valence electrons. The van der Waals surface area contributed by atoms with Gasteiger partial charge in [0.1, 0.15) is 0 Å². The Morgan fingerprint density at radius 2 is 2.19 bits per heavy atom. The predicted molar refractivity (Wildman–Crippen MR) is 70.3 cm³/mol. The van der Waals surface area contributed by atoms with Gasteiger partial charge in [0.25, 0.3) is 0 Å². The first-order chi connectivity index (χ1) is 7.56. The molecule has 1 aromatic heterocycles. The van der Waals surface area contributed by atoms with Crippen LogP contribution >= 0.6 is 11.3 Å². The zero-order valence-electron chi connectivity index (χ0n) is 10.6. The first-order valence-corrected chi connectivity index (χ1v) is 6.78. The van der Waals surface area contributed by atoms with Crippen LogP contribution in [0, 0.1) is 13.8 Å². The smallest absolute Gasteiger partial charge is 0.183 e. The van der Waals surface area contributed by atoms with Crippen molar-refractivity contribution < 1.29 is 0 Å². The third kappa shape index (κ3) is 2.55. The number of hydrogen-bond donors (Lipinski definition) is 1. The second-order valence-corrected chi connectivity index (χ2v) is 6.06. The van der Waals surface area contributed by atoms with Gasteiger partial charge in [-0.05, 0) is 40.7 Å². The summed E-state index contributed by atoms with van der Waals surface area (Å²) in [6.45, 7) is 7.69. The average molecular weight is 239 g/mol. The molecular weight excluding hydrogens is 218 g/mol. The minimum Gasteiger partial charge on any atom is -0.359 e. The van der Waals surface area contributed by atoms with Crippen molar-refractivity contribution in [3.8, 4) is 0 Å². The van der Waals surface area contributed by atoms with Crippen LogP contribution in [0.2, 0.25) is 0 Å². The van der Waals surface area contributed by atoms with Crippen molar-refractivity contribution in [3.63, 3.8) is 0 Å². The Bertz CT molecular complexity index is 342. The number of nitrogens with one attached hydrogen (secondary N) is 1. The maximum atomic E-state index is 4.54. The van der Waals surface area contributed by atoms with Crippen LogP contribution in [-0.2, 0) is 0 Å². The second kappa shape index (κ2) is 4.72. The highest BCUT2D eigenvalue weighted by molar-refractivity contribution is 7.15. The summed E-state index contributed by atoms with van der Waals surface area (Å²) < 4.78 is 0. The minimum absolute atomic E-state index is 0.594. The Kier molecular flexibility index (Phi) is 3.50. The summed E-state index contributed by atoms with van der Waals surface area (Å²) in [5.41, 5.74) is 1.16. The van der Waals surface area contributed by atoms with E-state index in [1.54, 1.807) is 11.3 Å². The molecular formula is C12H21N3S. The average Bonchev–Trinajstić information content (AvgIpc) is 2.52. The molecule has 0 aromatic carbocycles. The molecule has 3 nitrogen and oxygen atoms in total. The maximum Gasteiger partial charge on any atom is 0.183 e. The molecule has 1 saturated heterocycles. The first-order valence-electron chi connectivity index (χ1n) is 5.97. The topological polar surface area (TPSA) is 28.2 Å². The summed E-state index contributed by atoms with van der Waals surface area (Å²) in [6, 6.07) is 1.27. The number of aryl methyl sites for hydroxylation is 2. The molecule has 0 bridgehead atoms. The Morgan fingerprint density at radius 3 is 2.75 bits per heavy atom. The third-order valence-corrected chi connectivity index (χ3v) is 4.57. The monoisotopic (exact) mass is 239 g/mol. The zero-order chi connectivity index (χ0) is 11.7. The van der Waals surface area contributed by atoms with Crippen molar-refractivity contribution in [2.45, 2.75) is 45.7 Å². The van der Waals surface area contributed by atoms with E-state index < -0.39 is 0 Å². The molecule has 0 amide bonds. The van der Waals surface area contributed by atoms with Crippen LogP contribution in [0.5, 0.6) is 0 Å². The standard InChI is InChI=1S/C12H21N3S/c1-8-7-11(5-6-15(8)4)14-12-13-9(2)10(3)16-12/h8,11H,5-7H2,1-4H3,(H,13,14). The molecule has 0 radical (unpaired) electrons. The van der Waals surface area contributed by atoms with Gasteiger partial charge >= 0.3 is 0 Å². The van der Waals surface area contributed by atoms with Crippen molar-refractivity contribution in [3.05, 3.63) is 10.6 Å². The van der Waals surface area contributed by atoms with E-state index in [4.69, 9.17) is 0 Å². The second-order valence-electron chi connectivity index (χ2n) is 4.86. The molecule has 16 heavy (non-hydrogen) atoms. The van der Waals surface area contributed by atoms with Crippen LogP contribution in [0.4, 0.5) is 5.13 Å². The summed E-state index contributed by atoms with van der Waals surface area (Å²) in [5, 5.41) is 4.67. The van der Waals surface area contributed by atoms with Gasteiger partial charge < -0.3 is 10.2 Å². The molecule has 0 saturated carbocycles. The lowest BCUT2D eigenvalue weighted by Crippen LogP contribution is -2.42. The number of piperidine rings is 1. The van der Waals surface area contributed by atoms with Crippen molar-refractivity contribution in [1.29, 1.82) is 0 Å². The van der Waals surface area contributed by atoms with E-state index in [-0.39, 0.29) is 0 Å². The fraction of sp³-hybridized carbons (Fsp3) is 0.750. The van der Waals surface area contributed by atoms with Gasteiger partial charge in [0.05, 0.1) is 5.69 Å². The van der Waals surface area contributed by atoms with Crippen LogP contribution in [0.15, 0.2) is 0 Å². The van der Waals surface area contributed by atoms with Gasteiger partial charge in [0, 0.05) is 23.5 Å². The van der Waals surface area contributed by atoms with Crippen molar-refractivity contribution in [2.24, 2.45) is 0 Å². The van der Waals surface area contributed by atoms with Crippen LogP contribution < -0.4 is 5.32 Å². The summed E-state index contributed by atoms with van der Waals surface area (Å²) in [5.74, 6) is 0. The highest BCUT2D eigenvalue weighted by Crippen LogP contribution is 2.25. The quantitative estimate of drug-likeness (QED) is 0.860. The van der Waals surface area contributed by atoms with Gasteiger partial charge in [-0.25, -0.2) is 4.98 Å². The number of aromatic nitrogens is 1. The Balaban J connectivity index is 1.95. The van der Waals surface area contributed by atoms with Gasteiger partial charge in [0.2, 0.25) is 0 Å². The van der Waals surface area contributed by atoms with Crippen molar-refractivity contribution >= 4 is 16.5 Å². The van der Waals surface area contributed by atoms with E-state index in [2.05, 4.69) is 43.0 Å². The van der Waals surface area contributed by atoms with Crippen molar-refractivity contribution in [1.82, 2.24) is 9.88 Å². The molecule has 2 unspecified atom stereocenters. The maximum absolute atomic E-state index is 4.54. The van der Waals surface area contributed by atoms with Crippen LogP contribution in [0.25, 0.3) is 0 Å². The Labute approximate surface area is 102 Å². The molecule has 2 rings (SSSR count). The van der Waals surface area contributed by atoms with E-state index in [9.17, 15) is 0 Å². The Morgan fingerprint density at radius 1 is 1.44 bits per heavy atom. The van der Waals surface area contributed by atoms with E-state index in [1.807, 2.05) is 0 Å². The molecule has 2 atom stereocenters. The fourth-order valence-corrected chi connectivity index (χ4v) is 3.02. The first kappa shape index (κ1) is 11.9. The van der Waals surface area contributed by atoms with Gasteiger partial charge in [-0.1, -0.05) is 0 Å². The van der Waals surface area contributed by atoms with Gasteiger partial charge in [0.15, 0.2) is 5.13 Å². The van der Waals surface area contributed by atoms with Crippen LogP contribution in [-0.4, -0.2) is 35.6 Å². The summed E-state index contributed by atoms with van der Waals surface area (Å²) in [6.07, 6.45) is 2.44. The normalized spacial score (nSPS) is 27.0. The summed E-state index contributed by atoms with van der Waals surface area (Å²) in [7, 11) is 2.21. The van der Waals surface area contributed by atoms with Crippen LogP contribution in [0.1, 0.15) is 30.3 Å². The summed E-state index contributed by atoms with van der Waals surface area (Å²) in [4.78, 5) is 8.29. The highest BCUT2D eigenvalue weighted by atomic mass is 32.1. The largest absolute Gasteiger partial charge is 0.359 e. The number of thiazole rings is 1. The molecule has 0 aliphatic carbocycles. The zero-order valence-corrected chi connectivity index (χ0v) is 11.4. The minimum atomic E-state index is 0.594. The molecule has 1 aromatic rings. The molecule has 1 aliphatic heterocycles. The Hall–Kier alpha value is -0.610. The van der Waals surface area contributed by atoms with E-state index in [0.717, 1.165) is 10.8 Å². The SMILES string of the molecule is Cc1nc(NC2CCN(C)C(C)C2)sc1C. The van der Waals surface area contributed by atoms with Crippen molar-refractivity contribution in [2.75, 3.05) is 18.9 Å². The lowest BCUT2D eigenvalue weighted by Gasteiger charge is -2.35.